The predicted octanol–water partition coefficient (Wildman–Crippen LogP) is 4.55. The molecule has 1 unspecified atom stereocenters. The summed E-state index contributed by atoms with van der Waals surface area (Å²) in [5, 5.41) is 1.17. The van der Waals surface area contributed by atoms with Gasteiger partial charge in [-0.2, -0.15) is 0 Å². The van der Waals surface area contributed by atoms with E-state index in [0.29, 0.717) is 28.4 Å². The van der Waals surface area contributed by atoms with E-state index in [-0.39, 0.29) is 5.25 Å². The molecule has 0 aliphatic carbocycles. The van der Waals surface area contributed by atoms with Crippen molar-refractivity contribution in [2.45, 2.75) is 23.9 Å². The third-order valence-electron chi connectivity index (χ3n) is 4.31. The summed E-state index contributed by atoms with van der Waals surface area (Å²) in [6, 6.07) is 17.6. The third kappa shape index (κ3) is 3.90. The van der Waals surface area contributed by atoms with Crippen LogP contribution in [0.15, 0.2) is 59.8 Å². The molecule has 0 bridgehead atoms. The maximum Gasteiger partial charge on any atom is 0.192 e. The lowest BCUT2D eigenvalue weighted by atomic mass is 10.2. The van der Waals surface area contributed by atoms with Gasteiger partial charge >= 0.3 is 0 Å². The van der Waals surface area contributed by atoms with Gasteiger partial charge < -0.3 is 16.0 Å². The second kappa shape index (κ2) is 7.69. The first-order valence-electron chi connectivity index (χ1n) is 8.76. The van der Waals surface area contributed by atoms with Crippen LogP contribution in [0.25, 0.3) is 11.0 Å². The molecule has 4 N–H and O–H groups in total. The van der Waals surface area contributed by atoms with Gasteiger partial charge in [0.05, 0.1) is 16.3 Å². The number of imidazole rings is 1. The Morgan fingerprint density at radius 3 is 2.43 bits per heavy atom. The Labute approximate surface area is 172 Å². The second-order valence-electron chi connectivity index (χ2n) is 6.44. The summed E-state index contributed by atoms with van der Waals surface area (Å²) in [5.74, 6) is 1.62. The fourth-order valence-corrected chi connectivity index (χ4v) is 4.17. The fourth-order valence-electron chi connectivity index (χ4n) is 3.09. The standard InChI is InChI=1S/C20H19ClN6S/c1-12(28-20-25-17(22)10-18(23)26-20)19-24-15-9-14(21)7-8-16(15)27(19)11-13-5-3-2-4-6-13/h2-10,12H,11H2,1H3,(H4,22,23,25,26). The van der Waals surface area contributed by atoms with Gasteiger partial charge in [-0.3, -0.25) is 0 Å². The molecule has 0 aliphatic heterocycles. The molecule has 0 fully saturated rings. The summed E-state index contributed by atoms with van der Waals surface area (Å²) >= 11 is 7.65. The van der Waals surface area contributed by atoms with Crippen LogP contribution in [0.1, 0.15) is 23.6 Å². The summed E-state index contributed by atoms with van der Waals surface area (Å²) in [4.78, 5) is 13.4. The first-order valence-corrected chi connectivity index (χ1v) is 10.0. The molecule has 6 nitrogen and oxygen atoms in total. The number of benzene rings is 2. The van der Waals surface area contributed by atoms with E-state index in [1.165, 1.54) is 17.3 Å². The molecule has 2 aromatic carbocycles. The Balaban J connectivity index is 1.75. The van der Waals surface area contributed by atoms with Gasteiger partial charge in [-0.1, -0.05) is 53.7 Å². The third-order valence-corrected chi connectivity index (χ3v) is 5.51. The number of halogens is 1. The zero-order valence-electron chi connectivity index (χ0n) is 15.2. The monoisotopic (exact) mass is 410 g/mol. The van der Waals surface area contributed by atoms with Crippen molar-refractivity contribution in [3.8, 4) is 0 Å². The molecule has 0 saturated carbocycles. The van der Waals surface area contributed by atoms with E-state index in [1.807, 2.05) is 36.4 Å². The van der Waals surface area contributed by atoms with Gasteiger partial charge in [0.25, 0.3) is 0 Å². The van der Waals surface area contributed by atoms with Gasteiger partial charge in [0.1, 0.15) is 17.5 Å². The number of aromatic nitrogens is 4. The van der Waals surface area contributed by atoms with Gasteiger partial charge in [0.15, 0.2) is 5.16 Å². The van der Waals surface area contributed by atoms with E-state index >= 15 is 0 Å². The molecule has 2 aromatic heterocycles. The van der Waals surface area contributed by atoms with Crippen molar-refractivity contribution >= 4 is 46.0 Å². The highest BCUT2D eigenvalue weighted by Crippen LogP contribution is 2.35. The smallest absolute Gasteiger partial charge is 0.192 e. The predicted molar refractivity (Wildman–Crippen MR) is 115 cm³/mol. The van der Waals surface area contributed by atoms with Crippen molar-refractivity contribution in [3.05, 3.63) is 71.0 Å². The summed E-state index contributed by atoms with van der Waals surface area (Å²) in [6.07, 6.45) is 0. The van der Waals surface area contributed by atoms with Crippen LogP contribution in [0.5, 0.6) is 0 Å². The maximum absolute atomic E-state index is 6.18. The van der Waals surface area contributed by atoms with E-state index in [1.54, 1.807) is 6.07 Å². The summed E-state index contributed by atoms with van der Waals surface area (Å²) in [7, 11) is 0. The zero-order chi connectivity index (χ0) is 19.7. The summed E-state index contributed by atoms with van der Waals surface area (Å²) in [5.41, 5.74) is 14.7. The average Bonchev–Trinajstić information content (AvgIpc) is 2.99. The Morgan fingerprint density at radius 1 is 1.00 bits per heavy atom. The number of anilines is 2. The quantitative estimate of drug-likeness (QED) is 0.370. The average molecular weight is 411 g/mol. The van der Waals surface area contributed by atoms with E-state index in [9.17, 15) is 0 Å². The number of thioether (sulfide) groups is 1. The van der Waals surface area contributed by atoms with Crippen LogP contribution in [0.2, 0.25) is 5.02 Å². The molecular weight excluding hydrogens is 392 g/mol. The van der Waals surface area contributed by atoms with Gasteiger partial charge in [0, 0.05) is 17.6 Å². The van der Waals surface area contributed by atoms with Crippen molar-refractivity contribution in [1.29, 1.82) is 0 Å². The van der Waals surface area contributed by atoms with Gasteiger partial charge in [-0.15, -0.1) is 0 Å². The SMILES string of the molecule is CC(Sc1nc(N)cc(N)n1)c1nc2cc(Cl)ccc2n1Cc1ccccc1. The largest absolute Gasteiger partial charge is 0.383 e. The molecule has 4 rings (SSSR count). The molecule has 0 aliphatic rings. The topological polar surface area (TPSA) is 95.6 Å². The first-order chi connectivity index (χ1) is 13.5. The maximum atomic E-state index is 6.18. The van der Waals surface area contributed by atoms with Gasteiger partial charge in [-0.05, 0) is 30.7 Å². The fraction of sp³-hybridized carbons (Fsp3) is 0.150. The van der Waals surface area contributed by atoms with Crippen LogP contribution in [0, 0.1) is 0 Å². The van der Waals surface area contributed by atoms with Crippen LogP contribution < -0.4 is 11.5 Å². The minimum Gasteiger partial charge on any atom is -0.383 e. The molecule has 2 heterocycles. The van der Waals surface area contributed by atoms with E-state index in [4.69, 9.17) is 28.1 Å². The minimum atomic E-state index is -0.0175. The number of rotatable bonds is 5. The Kier molecular flexibility index (Phi) is 5.11. The molecular formula is C20H19ClN6S. The number of fused-ring (bicyclic) bond motifs is 1. The first kappa shape index (κ1) is 18.6. The summed E-state index contributed by atoms with van der Waals surface area (Å²) < 4.78 is 2.20. The van der Waals surface area contributed by atoms with Gasteiger partial charge in [-0.25, -0.2) is 15.0 Å². The molecule has 142 valence electrons. The Morgan fingerprint density at radius 2 is 1.71 bits per heavy atom. The molecule has 28 heavy (non-hydrogen) atoms. The van der Waals surface area contributed by atoms with Crippen molar-refractivity contribution in [2.24, 2.45) is 0 Å². The van der Waals surface area contributed by atoms with Crippen molar-refractivity contribution in [3.63, 3.8) is 0 Å². The van der Waals surface area contributed by atoms with Gasteiger partial charge in [0.2, 0.25) is 0 Å². The molecule has 0 radical (unpaired) electrons. The zero-order valence-corrected chi connectivity index (χ0v) is 16.8. The lowest BCUT2D eigenvalue weighted by Crippen LogP contribution is -2.07. The Bertz CT molecular complexity index is 1110. The van der Waals surface area contributed by atoms with E-state index in [2.05, 4.69) is 33.6 Å². The highest BCUT2D eigenvalue weighted by molar-refractivity contribution is 7.99. The molecule has 0 spiro atoms. The highest BCUT2D eigenvalue weighted by Gasteiger charge is 2.20. The number of nitrogens with zero attached hydrogens (tertiary/aromatic N) is 4. The van der Waals surface area contributed by atoms with E-state index in [0.717, 1.165) is 16.9 Å². The van der Waals surface area contributed by atoms with E-state index < -0.39 is 0 Å². The van der Waals surface area contributed by atoms with Crippen LogP contribution in [0.4, 0.5) is 11.6 Å². The molecule has 0 amide bonds. The highest BCUT2D eigenvalue weighted by atomic mass is 35.5. The number of hydrogen-bond acceptors (Lipinski definition) is 6. The second-order valence-corrected chi connectivity index (χ2v) is 8.18. The molecule has 8 heteroatoms. The molecule has 1 atom stereocenters. The molecule has 4 aromatic rings. The summed E-state index contributed by atoms with van der Waals surface area (Å²) in [6.45, 7) is 2.77. The minimum absolute atomic E-state index is 0.0175. The lowest BCUT2D eigenvalue weighted by molar-refractivity contribution is 0.744. The number of nitrogens with two attached hydrogens (primary N) is 2. The normalized spacial score (nSPS) is 12.4. The number of hydrogen-bond donors (Lipinski definition) is 2. The van der Waals surface area contributed by atoms with Crippen LogP contribution in [0.3, 0.4) is 0 Å². The number of nitrogen functional groups attached to an aromatic ring is 2. The molecule has 0 saturated heterocycles. The van der Waals surface area contributed by atoms with Crippen molar-refractivity contribution in [2.75, 3.05) is 11.5 Å². The lowest BCUT2D eigenvalue weighted by Gasteiger charge is -2.14. The van der Waals surface area contributed by atoms with Crippen LogP contribution in [-0.4, -0.2) is 19.5 Å². The van der Waals surface area contributed by atoms with Crippen LogP contribution >= 0.6 is 23.4 Å². The van der Waals surface area contributed by atoms with Crippen LogP contribution in [-0.2, 0) is 6.54 Å². The Hall–Kier alpha value is -2.77. The van der Waals surface area contributed by atoms with Crippen molar-refractivity contribution in [1.82, 2.24) is 19.5 Å². The van der Waals surface area contributed by atoms with Crippen molar-refractivity contribution < 1.29 is 0 Å².